The van der Waals surface area contributed by atoms with Crippen LogP contribution >= 0.6 is 15.9 Å². The first kappa shape index (κ1) is 23.8. The summed E-state index contributed by atoms with van der Waals surface area (Å²) >= 11 is 3.49. The lowest BCUT2D eigenvalue weighted by Gasteiger charge is -2.20. The number of methoxy groups -OCH3 is 1. The Hall–Kier alpha value is -3.89. The number of aromatic amines is 2. The van der Waals surface area contributed by atoms with Gasteiger partial charge in [0.1, 0.15) is 17.1 Å². The summed E-state index contributed by atoms with van der Waals surface area (Å²) in [5.41, 5.74) is 5.07. The highest BCUT2D eigenvalue weighted by Crippen LogP contribution is 2.29. The molecule has 5 aromatic rings. The van der Waals surface area contributed by atoms with Crippen molar-refractivity contribution in [3.63, 3.8) is 0 Å². The number of imidazole rings is 2. The van der Waals surface area contributed by atoms with Gasteiger partial charge in [0.25, 0.3) is 5.56 Å². The van der Waals surface area contributed by atoms with Gasteiger partial charge in [-0.3, -0.25) is 4.79 Å². The molecule has 0 saturated heterocycles. The van der Waals surface area contributed by atoms with Crippen molar-refractivity contribution >= 4 is 32.7 Å². The van der Waals surface area contributed by atoms with E-state index in [0.717, 1.165) is 38.1 Å². The van der Waals surface area contributed by atoms with Crippen LogP contribution in [0.15, 0.2) is 70.6 Å². The molecule has 3 heterocycles. The van der Waals surface area contributed by atoms with E-state index >= 15 is 0 Å². The van der Waals surface area contributed by atoms with Gasteiger partial charge in [-0.1, -0.05) is 15.9 Å². The van der Waals surface area contributed by atoms with Crippen LogP contribution in [-0.2, 0) is 6.42 Å². The van der Waals surface area contributed by atoms with Crippen molar-refractivity contribution < 1.29 is 9.84 Å². The third-order valence-electron chi connectivity index (χ3n) is 6.05. The van der Waals surface area contributed by atoms with E-state index < -0.39 is 0 Å². The van der Waals surface area contributed by atoms with Gasteiger partial charge in [-0.25, -0.2) is 9.97 Å². The van der Waals surface area contributed by atoms with E-state index in [1.807, 2.05) is 48.0 Å². The smallest absolute Gasteiger partial charge is 0.261 e. The average Bonchev–Trinajstić information content (AvgIpc) is 3.54. The van der Waals surface area contributed by atoms with Crippen LogP contribution in [0.4, 0.5) is 5.69 Å². The van der Waals surface area contributed by atoms with E-state index in [4.69, 9.17) is 9.72 Å². The number of aryl methyl sites for hydroxylation is 1. The van der Waals surface area contributed by atoms with Gasteiger partial charge < -0.3 is 29.7 Å². The van der Waals surface area contributed by atoms with Crippen molar-refractivity contribution in [2.24, 2.45) is 0 Å². The zero-order chi connectivity index (χ0) is 25.2. The molecule has 0 bridgehead atoms. The second-order valence-corrected chi connectivity index (χ2v) is 9.41. The second kappa shape index (κ2) is 10.00. The Balaban J connectivity index is 1.51. The third kappa shape index (κ3) is 4.65. The molecule has 2 aromatic carbocycles. The van der Waals surface area contributed by atoms with Gasteiger partial charge in [-0.2, -0.15) is 0 Å². The zero-order valence-corrected chi connectivity index (χ0v) is 21.3. The van der Waals surface area contributed by atoms with Gasteiger partial charge in [0.05, 0.1) is 42.8 Å². The van der Waals surface area contributed by atoms with Crippen molar-refractivity contribution in [2.75, 3.05) is 19.0 Å². The number of rotatable bonds is 8. The van der Waals surface area contributed by atoms with Gasteiger partial charge in [0, 0.05) is 28.8 Å². The van der Waals surface area contributed by atoms with Gasteiger partial charge in [-0.05, 0) is 60.9 Å². The number of hydrogen-bond donors (Lipinski definition) is 4. The highest BCUT2D eigenvalue weighted by molar-refractivity contribution is 9.10. The predicted molar refractivity (Wildman–Crippen MR) is 143 cm³/mol. The number of nitrogens with zero attached hydrogens (tertiary/aromatic N) is 3. The van der Waals surface area contributed by atoms with E-state index in [1.165, 1.54) is 0 Å². The Morgan fingerprint density at radius 3 is 2.86 bits per heavy atom. The van der Waals surface area contributed by atoms with Gasteiger partial charge >= 0.3 is 0 Å². The minimum Gasteiger partial charge on any atom is -0.496 e. The summed E-state index contributed by atoms with van der Waals surface area (Å²) in [6.07, 6.45) is 7.39. The molecule has 0 aliphatic carbocycles. The number of ether oxygens (including phenoxy) is 1. The molecule has 0 radical (unpaired) electrons. The number of hydrogen-bond acceptors (Lipinski definition) is 6. The van der Waals surface area contributed by atoms with Crippen molar-refractivity contribution in [2.45, 2.75) is 19.4 Å². The largest absolute Gasteiger partial charge is 0.496 e. The molecule has 0 aliphatic heterocycles. The third-order valence-corrected chi connectivity index (χ3v) is 6.54. The monoisotopic (exact) mass is 548 g/mol. The van der Waals surface area contributed by atoms with Crippen molar-refractivity contribution in [3.8, 4) is 22.8 Å². The number of aromatic nitrogens is 5. The number of benzene rings is 2. The van der Waals surface area contributed by atoms with Crippen molar-refractivity contribution in [1.82, 2.24) is 24.5 Å². The Labute approximate surface area is 215 Å². The van der Waals surface area contributed by atoms with E-state index in [9.17, 15) is 9.90 Å². The number of halogens is 1. The first-order chi connectivity index (χ1) is 17.5. The second-order valence-electron chi connectivity index (χ2n) is 8.49. The molecule has 5 rings (SSSR count). The molecule has 1 atom stereocenters. The van der Waals surface area contributed by atoms with Crippen LogP contribution in [-0.4, -0.2) is 49.4 Å². The van der Waals surface area contributed by atoms with Crippen LogP contribution in [0, 0.1) is 6.92 Å². The van der Waals surface area contributed by atoms with Crippen LogP contribution in [0.5, 0.6) is 5.75 Å². The molecule has 9 nitrogen and oxygen atoms in total. The van der Waals surface area contributed by atoms with Crippen molar-refractivity contribution in [3.05, 3.63) is 87.3 Å². The highest BCUT2D eigenvalue weighted by Gasteiger charge is 2.19. The minimum atomic E-state index is -0.368. The number of anilines is 1. The quantitative estimate of drug-likeness (QED) is 0.230. The number of aliphatic hydroxyl groups is 1. The molecule has 0 saturated carbocycles. The fraction of sp³-hybridized carbons (Fsp3) is 0.192. The minimum absolute atomic E-state index is 0.143. The van der Waals surface area contributed by atoms with E-state index in [1.54, 1.807) is 31.9 Å². The Morgan fingerprint density at radius 1 is 1.25 bits per heavy atom. The predicted octanol–water partition coefficient (Wildman–Crippen LogP) is 4.20. The summed E-state index contributed by atoms with van der Waals surface area (Å²) in [4.78, 5) is 27.9. The van der Waals surface area contributed by atoms with Crippen LogP contribution in [0.3, 0.4) is 0 Å². The Kier molecular flexibility index (Phi) is 6.62. The van der Waals surface area contributed by atoms with Gasteiger partial charge in [0.15, 0.2) is 0 Å². The molecule has 10 heteroatoms. The molecular formula is C26H25BrN6O3. The van der Waals surface area contributed by atoms with E-state index in [-0.39, 0.29) is 18.2 Å². The summed E-state index contributed by atoms with van der Waals surface area (Å²) in [5, 5.41) is 13.5. The molecule has 0 spiro atoms. The van der Waals surface area contributed by atoms with Gasteiger partial charge in [0.2, 0.25) is 0 Å². The first-order valence-corrected chi connectivity index (χ1v) is 12.2. The summed E-state index contributed by atoms with van der Waals surface area (Å²) in [5.74, 6) is 1.17. The maximum absolute atomic E-state index is 13.0. The maximum Gasteiger partial charge on any atom is 0.261 e. The number of fused-ring (bicyclic) bond motifs is 1. The summed E-state index contributed by atoms with van der Waals surface area (Å²) in [6.45, 7) is 1.84. The van der Waals surface area contributed by atoms with Gasteiger partial charge in [-0.15, -0.1) is 0 Å². The SMILES string of the molecule is COc1ccc(Br)cc1C[C@@H](CO)Nc1cc[nH]c(=O)c1-c1nc2c(C)cc(-n3ccnc3)cc2[nH]1. The number of H-pyrrole nitrogens is 2. The highest BCUT2D eigenvalue weighted by atomic mass is 79.9. The molecule has 0 aliphatic rings. The molecule has 184 valence electrons. The van der Waals surface area contributed by atoms with Crippen LogP contribution in [0.1, 0.15) is 11.1 Å². The average molecular weight is 549 g/mol. The number of aliphatic hydroxyl groups excluding tert-OH is 1. The molecule has 0 unspecified atom stereocenters. The molecule has 36 heavy (non-hydrogen) atoms. The fourth-order valence-electron chi connectivity index (χ4n) is 4.34. The summed E-state index contributed by atoms with van der Waals surface area (Å²) in [7, 11) is 1.62. The lowest BCUT2D eigenvalue weighted by atomic mass is 10.0. The molecule has 0 fully saturated rings. The first-order valence-electron chi connectivity index (χ1n) is 11.4. The lowest BCUT2D eigenvalue weighted by molar-refractivity contribution is 0.273. The fourth-order valence-corrected chi connectivity index (χ4v) is 4.75. The molecular weight excluding hydrogens is 524 g/mol. The number of nitrogens with one attached hydrogen (secondary N) is 3. The van der Waals surface area contributed by atoms with E-state index in [0.29, 0.717) is 23.5 Å². The van der Waals surface area contributed by atoms with Crippen LogP contribution in [0.2, 0.25) is 0 Å². The number of pyridine rings is 1. The molecule has 3 aromatic heterocycles. The van der Waals surface area contributed by atoms with Crippen LogP contribution < -0.4 is 15.6 Å². The standard InChI is InChI=1S/C26H25BrN6O3/c1-15-9-19(33-8-7-28-14-33)12-21-24(15)32-25(31-21)23-20(5-6-29-26(23)35)30-18(13-34)11-16-10-17(27)3-4-22(16)36-2/h3-10,12,14,18,34H,11,13H2,1-2H3,(H,31,32)(H2,29,30,35)/t18-/m0/s1. The topological polar surface area (TPSA) is 121 Å². The Morgan fingerprint density at radius 2 is 2.11 bits per heavy atom. The summed E-state index contributed by atoms with van der Waals surface area (Å²) < 4.78 is 8.31. The van der Waals surface area contributed by atoms with E-state index in [2.05, 4.69) is 36.2 Å². The Bertz CT molecular complexity index is 1570. The van der Waals surface area contributed by atoms with Crippen LogP contribution in [0.25, 0.3) is 28.1 Å². The molecule has 4 N–H and O–H groups in total. The summed E-state index contributed by atoms with van der Waals surface area (Å²) in [6, 6.07) is 11.1. The maximum atomic E-state index is 13.0. The zero-order valence-electron chi connectivity index (χ0n) is 19.7. The van der Waals surface area contributed by atoms with Crippen molar-refractivity contribution in [1.29, 1.82) is 0 Å². The normalized spacial score (nSPS) is 12.1. The molecule has 0 amide bonds. The lowest BCUT2D eigenvalue weighted by Crippen LogP contribution is -2.28.